The number of rotatable bonds is 5. The first-order chi connectivity index (χ1) is 13.6. The van der Waals surface area contributed by atoms with Gasteiger partial charge in [0.25, 0.3) is 11.5 Å². The minimum atomic E-state index is -0.579. The van der Waals surface area contributed by atoms with E-state index in [1.54, 1.807) is 36.4 Å². The zero-order valence-electron chi connectivity index (χ0n) is 15.2. The Morgan fingerprint density at radius 3 is 2.79 bits per heavy atom. The van der Waals surface area contributed by atoms with Crippen molar-refractivity contribution in [3.05, 3.63) is 76.1 Å². The van der Waals surface area contributed by atoms with Gasteiger partial charge >= 0.3 is 0 Å². The second-order valence-corrected chi connectivity index (χ2v) is 6.83. The van der Waals surface area contributed by atoms with Gasteiger partial charge in [-0.2, -0.15) is 0 Å². The van der Waals surface area contributed by atoms with Gasteiger partial charge in [-0.25, -0.2) is 9.37 Å². The van der Waals surface area contributed by atoms with Gasteiger partial charge in [-0.3, -0.25) is 9.59 Å². The zero-order valence-corrected chi connectivity index (χ0v) is 15.2. The molecule has 4 rings (SSSR count). The maximum Gasteiger partial charge on any atom is 0.258 e. The number of nitrogens with one attached hydrogen (secondary N) is 1. The van der Waals surface area contributed by atoms with E-state index in [1.807, 2.05) is 0 Å². The van der Waals surface area contributed by atoms with E-state index in [9.17, 15) is 14.0 Å². The fourth-order valence-corrected chi connectivity index (χ4v) is 3.45. The molecule has 1 aliphatic rings. The average Bonchev–Trinajstić information content (AvgIpc) is 3.21. The Kier molecular flexibility index (Phi) is 5.16. The summed E-state index contributed by atoms with van der Waals surface area (Å²) in [6, 6.07) is 12.9. The monoisotopic (exact) mass is 381 g/mol. The third-order valence-electron chi connectivity index (χ3n) is 4.84. The van der Waals surface area contributed by atoms with Gasteiger partial charge in [-0.05, 0) is 37.1 Å². The topological polar surface area (TPSA) is 75.3 Å². The zero-order chi connectivity index (χ0) is 19.5. The van der Waals surface area contributed by atoms with Crippen LogP contribution in [-0.2, 0) is 11.3 Å². The highest BCUT2D eigenvalue weighted by Gasteiger charge is 2.26. The van der Waals surface area contributed by atoms with E-state index in [2.05, 4.69) is 9.97 Å². The summed E-state index contributed by atoms with van der Waals surface area (Å²) in [6.45, 7) is 1.02. The summed E-state index contributed by atoms with van der Waals surface area (Å²) in [5.74, 6) is -0.680. The lowest BCUT2D eigenvalue weighted by Crippen LogP contribution is -2.38. The van der Waals surface area contributed by atoms with Crippen LogP contribution >= 0.6 is 0 Å². The van der Waals surface area contributed by atoms with Crippen LogP contribution in [0.5, 0.6) is 0 Å². The van der Waals surface area contributed by atoms with E-state index in [-0.39, 0.29) is 23.8 Å². The van der Waals surface area contributed by atoms with Gasteiger partial charge < -0.3 is 14.6 Å². The predicted molar refractivity (Wildman–Crippen MR) is 102 cm³/mol. The third kappa shape index (κ3) is 3.80. The highest BCUT2D eigenvalue weighted by atomic mass is 19.1. The second-order valence-electron chi connectivity index (χ2n) is 6.83. The second kappa shape index (κ2) is 7.90. The van der Waals surface area contributed by atoms with Gasteiger partial charge in [0.05, 0.1) is 29.1 Å². The summed E-state index contributed by atoms with van der Waals surface area (Å²) >= 11 is 0. The van der Waals surface area contributed by atoms with Crippen molar-refractivity contribution in [1.29, 1.82) is 0 Å². The van der Waals surface area contributed by atoms with E-state index >= 15 is 0 Å². The van der Waals surface area contributed by atoms with E-state index < -0.39 is 11.7 Å². The van der Waals surface area contributed by atoms with Crippen LogP contribution in [-0.4, -0.2) is 40.0 Å². The Balaban J connectivity index is 1.66. The highest BCUT2D eigenvalue weighted by Crippen LogP contribution is 2.18. The van der Waals surface area contributed by atoms with E-state index in [4.69, 9.17) is 4.74 Å². The third-order valence-corrected chi connectivity index (χ3v) is 4.84. The molecule has 1 aromatic heterocycles. The van der Waals surface area contributed by atoms with E-state index in [1.165, 1.54) is 17.0 Å². The Morgan fingerprint density at radius 1 is 1.21 bits per heavy atom. The van der Waals surface area contributed by atoms with Gasteiger partial charge in [0.1, 0.15) is 11.6 Å². The molecule has 144 valence electrons. The summed E-state index contributed by atoms with van der Waals surface area (Å²) in [4.78, 5) is 34.0. The van der Waals surface area contributed by atoms with Crippen LogP contribution in [0.25, 0.3) is 10.9 Å². The van der Waals surface area contributed by atoms with Crippen LogP contribution in [0.3, 0.4) is 0 Å². The first kappa shape index (κ1) is 18.3. The molecule has 7 heteroatoms. The molecule has 1 saturated heterocycles. The molecule has 1 aliphatic heterocycles. The Morgan fingerprint density at radius 2 is 2.00 bits per heavy atom. The maximum atomic E-state index is 14.2. The summed E-state index contributed by atoms with van der Waals surface area (Å²) in [7, 11) is 0. The quantitative estimate of drug-likeness (QED) is 0.737. The average molecular weight is 381 g/mol. The Bertz CT molecular complexity index is 1060. The molecule has 28 heavy (non-hydrogen) atoms. The minimum Gasteiger partial charge on any atom is -0.376 e. The van der Waals surface area contributed by atoms with Gasteiger partial charge in [-0.1, -0.05) is 24.3 Å². The normalized spacial score (nSPS) is 16.4. The summed E-state index contributed by atoms with van der Waals surface area (Å²) < 4.78 is 19.8. The largest absolute Gasteiger partial charge is 0.376 e. The number of fused-ring (bicyclic) bond motifs is 1. The van der Waals surface area contributed by atoms with Crippen molar-refractivity contribution in [3.63, 3.8) is 0 Å². The number of hydrogen-bond acceptors (Lipinski definition) is 4. The van der Waals surface area contributed by atoms with Gasteiger partial charge in [0, 0.05) is 13.2 Å². The predicted octanol–water partition coefficient (Wildman–Crippen LogP) is 2.88. The number of aromatic amines is 1. The number of halogens is 1. The fourth-order valence-electron chi connectivity index (χ4n) is 3.45. The molecule has 2 aromatic carbocycles. The number of carbonyl (C=O) groups excluding carboxylic acids is 1. The van der Waals surface area contributed by atoms with Crippen LogP contribution in [0, 0.1) is 5.82 Å². The van der Waals surface area contributed by atoms with Crippen molar-refractivity contribution in [1.82, 2.24) is 14.9 Å². The number of amides is 1. The molecule has 0 radical (unpaired) electrons. The first-order valence-electron chi connectivity index (χ1n) is 9.25. The van der Waals surface area contributed by atoms with Crippen LogP contribution < -0.4 is 5.56 Å². The molecule has 0 bridgehead atoms. The molecular weight excluding hydrogens is 361 g/mol. The van der Waals surface area contributed by atoms with Gasteiger partial charge in [-0.15, -0.1) is 0 Å². The molecule has 0 spiro atoms. The number of H-pyrrole nitrogens is 1. The van der Waals surface area contributed by atoms with Crippen molar-refractivity contribution in [2.24, 2.45) is 0 Å². The van der Waals surface area contributed by atoms with Gasteiger partial charge in [0.2, 0.25) is 0 Å². The molecule has 1 amide bonds. The highest BCUT2D eigenvalue weighted by molar-refractivity contribution is 5.94. The lowest BCUT2D eigenvalue weighted by atomic mass is 10.1. The number of ether oxygens (including phenoxy) is 1. The summed E-state index contributed by atoms with van der Waals surface area (Å²) in [6.07, 6.45) is 1.66. The van der Waals surface area contributed by atoms with E-state index in [0.717, 1.165) is 12.8 Å². The molecule has 0 aliphatic carbocycles. The summed E-state index contributed by atoms with van der Waals surface area (Å²) in [5, 5.41) is 0.484. The first-order valence-corrected chi connectivity index (χ1v) is 9.25. The number of aromatic nitrogens is 2. The number of hydrogen-bond donors (Lipinski definition) is 1. The molecule has 3 aromatic rings. The number of benzene rings is 2. The number of para-hydroxylation sites is 1. The standard InChI is InChI=1S/C21H20FN3O3/c22-17-9-3-1-7-15(17)21(27)25(12-14-6-5-11-28-14)13-19-23-18-10-4-2-8-16(18)20(26)24-19/h1-4,7-10,14H,5-6,11-13H2,(H,23,24,26)/t14-/m1/s1. The minimum absolute atomic E-state index is 0.0105. The summed E-state index contributed by atoms with van der Waals surface area (Å²) in [5.41, 5.74) is 0.274. The lowest BCUT2D eigenvalue weighted by molar-refractivity contribution is 0.0497. The van der Waals surface area contributed by atoms with Crippen LogP contribution in [0.15, 0.2) is 53.3 Å². The van der Waals surface area contributed by atoms with Crippen molar-refractivity contribution in [3.8, 4) is 0 Å². The van der Waals surface area contributed by atoms with Gasteiger partial charge in [0.15, 0.2) is 0 Å². The molecule has 0 saturated carbocycles. The van der Waals surface area contributed by atoms with Crippen LogP contribution in [0.4, 0.5) is 4.39 Å². The Hall–Kier alpha value is -3.06. The molecule has 1 fully saturated rings. The van der Waals surface area contributed by atoms with Crippen molar-refractivity contribution < 1.29 is 13.9 Å². The molecule has 1 N–H and O–H groups in total. The SMILES string of the molecule is O=C(c1ccccc1F)N(Cc1nc2ccccc2c(=O)[nH]1)C[C@H]1CCCO1. The van der Waals surface area contributed by atoms with Crippen molar-refractivity contribution in [2.75, 3.05) is 13.2 Å². The number of nitrogens with zero attached hydrogens (tertiary/aromatic N) is 2. The number of carbonyl (C=O) groups is 1. The molecule has 6 nitrogen and oxygen atoms in total. The molecule has 1 atom stereocenters. The van der Waals surface area contributed by atoms with Crippen molar-refractivity contribution in [2.45, 2.75) is 25.5 Å². The Labute approximate surface area is 161 Å². The molecule has 2 heterocycles. The molecule has 0 unspecified atom stereocenters. The van der Waals surface area contributed by atoms with Crippen LogP contribution in [0.2, 0.25) is 0 Å². The maximum absolute atomic E-state index is 14.2. The smallest absolute Gasteiger partial charge is 0.258 e. The fraction of sp³-hybridized carbons (Fsp3) is 0.286. The molecular formula is C21H20FN3O3. The van der Waals surface area contributed by atoms with E-state index in [0.29, 0.717) is 29.9 Å². The van der Waals surface area contributed by atoms with Crippen molar-refractivity contribution >= 4 is 16.8 Å². The lowest BCUT2D eigenvalue weighted by Gasteiger charge is -2.25. The van der Waals surface area contributed by atoms with Crippen LogP contribution in [0.1, 0.15) is 29.0 Å².